The molecule has 4 atom stereocenters. The number of methoxy groups -OCH3 is 1. The second-order valence-corrected chi connectivity index (χ2v) is 20.1. The first-order valence-electron chi connectivity index (χ1n) is 19.0. The zero-order valence-electron chi connectivity index (χ0n) is 35.1. The van der Waals surface area contributed by atoms with Gasteiger partial charge in [-0.2, -0.15) is 0 Å². The second kappa shape index (κ2) is 31.5. The number of ether oxygens (including phenoxy) is 1. The average molecular weight is 1610 g/mol. The van der Waals surface area contributed by atoms with Gasteiger partial charge in [-0.1, -0.05) is 0 Å². The number of halogens is 6. The Balaban J connectivity index is 0.000000665. The van der Waals surface area contributed by atoms with Gasteiger partial charge in [0, 0.05) is 34.3 Å². The average Bonchev–Trinajstić information content (AvgIpc) is 3.26. The summed E-state index contributed by atoms with van der Waals surface area (Å²) in [4.78, 5) is 77.9. The molecule has 66 heavy (non-hydrogen) atoms. The van der Waals surface area contributed by atoms with Crippen molar-refractivity contribution in [2.75, 3.05) is 83.2 Å². The van der Waals surface area contributed by atoms with Crippen LogP contribution in [-0.4, -0.2) is 196 Å². The lowest BCUT2D eigenvalue weighted by Gasteiger charge is -2.29. The number of nitrogens with zero attached hydrogens (tertiary/aromatic N) is 1. The van der Waals surface area contributed by atoms with Crippen LogP contribution in [0.1, 0.15) is 55.3 Å². The lowest BCUT2D eigenvalue weighted by molar-refractivity contribution is -0.123. The number of benzene rings is 2. The van der Waals surface area contributed by atoms with Crippen LogP contribution in [0.15, 0.2) is 0 Å². The molecule has 15 N–H and O–H groups in total. The Hall–Kier alpha value is -0.800. The van der Waals surface area contributed by atoms with Crippen molar-refractivity contribution in [3.05, 3.63) is 43.7 Å². The molecule has 0 heterocycles. The van der Waals surface area contributed by atoms with Crippen LogP contribution >= 0.6 is 136 Å². The lowest BCUT2D eigenvalue weighted by atomic mass is 10.1. The first-order valence-corrected chi connectivity index (χ1v) is 25.5. The summed E-state index contributed by atoms with van der Waals surface area (Å²) >= 11 is 11.0. The molecule has 0 saturated heterocycles. The normalized spacial score (nSPS) is 12.9. The van der Waals surface area contributed by atoms with Crippen molar-refractivity contribution >= 4 is 182 Å². The highest BCUT2D eigenvalue weighted by atomic mass is 127. The fourth-order valence-corrected chi connectivity index (χ4v) is 14.2. The Kier molecular flexibility index (Phi) is 30.2. The summed E-state index contributed by atoms with van der Waals surface area (Å²) in [5.74, 6) is -3.95. The molecular formula is C37H50I6N6O17. The fourth-order valence-electron chi connectivity index (χ4n) is 5.06. The Labute approximate surface area is 460 Å². The zero-order valence-corrected chi connectivity index (χ0v) is 48.0. The van der Waals surface area contributed by atoms with Crippen LogP contribution in [0.3, 0.4) is 0 Å². The number of hydrogen-bond donors (Lipinski definition) is 15. The van der Waals surface area contributed by atoms with Gasteiger partial charge in [0.05, 0.1) is 131 Å². The van der Waals surface area contributed by atoms with E-state index in [0.717, 1.165) is 0 Å². The summed E-state index contributed by atoms with van der Waals surface area (Å²) in [6, 6.07) is -1.89. The SMILES string of the molecule is COCC(O)CN(C(C)=O)c1c(I)c(C(=O)NCC(O)CO)c(I)c(C(=O)NCC(O)CO)c1I.C[C@H](O)C(=O)Nc1c(I)c(C(=O)NC(CO)CO)c(I)c(C(=O)NC(CO)CO)c1I. The minimum Gasteiger partial charge on any atom is -0.394 e. The van der Waals surface area contributed by atoms with Crippen LogP contribution in [0.5, 0.6) is 0 Å². The maximum Gasteiger partial charge on any atom is 0.253 e. The van der Waals surface area contributed by atoms with E-state index < -0.39 is 112 Å². The molecule has 3 unspecified atom stereocenters. The van der Waals surface area contributed by atoms with Crippen molar-refractivity contribution < 1.29 is 84.6 Å². The van der Waals surface area contributed by atoms with Gasteiger partial charge in [-0.25, -0.2) is 0 Å². The van der Waals surface area contributed by atoms with Crippen LogP contribution in [0.25, 0.3) is 0 Å². The van der Waals surface area contributed by atoms with Gasteiger partial charge in [-0.05, 0) is 142 Å². The van der Waals surface area contributed by atoms with Crippen molar-refractivity contribution in [1.82, 2.24) is 21.3 Å². The van der Waals surface area contributed by atoms with Gasteiger partial charge >= 0.3 is 0 Å². The number of carbonyl (C=O) groups is 6. The molecule has 29 heteroatoms. The molecule has 0 saturated carbocycles. The van der Waals surface area contributed by atoms with Crippen LogP contribution in [0.2, 0.25) is 0 Å². The van der Waals surface area contributed by atoms with E-state index in [4.69, 9.17) is 14.9 Å². The number of anilines is 2. The Morgan fingerprint density at radius 3 is 1.23 bits per heavy atom. The maximum atomic E-state index is 13.1. The molecule has 2 aromatic carbocycles. The lowest BCUT2D eigenvalue weighted by Crippen LogP contribution is -2.42. The third-order valence-corrected chi connectivity index (χ3v) is 14.9. The highest BCUT2D eigenvalue weighted by Crippen LogP contribution is 2.39. The first-order chi connectivity index (χ1) is 30.9. The monoisotopic (exact) mass is 1610 g/mol. The number of rotatable bonds is 23. The smallest absolute Gasteiger partial charge is 0.253 e. The van der Waals surface area contributed by atoms with Crippen molar-refractivity contribution in [2.45, 2.75) is 50.3 Å². The first kappa shape index (κ1) is 63.2. The van der Waals surface area contributed by atoms with Crippen LogP contribution < -0.4 is 31.5 Å². The van der Waals surface area contributed by atoms with Gasteiger partial charge < -0.3 is 87.3 Å². The summed E-state index contributed by atoms with van der Waals surface area (Å²) < 4.78 is 6.57. The van der Waals surface area contributed by atoms with Crippen LogP contribution in [-0.2, 0) is 14.3 Å². The summed E-state index contributed by atoms with van der Waals surface area (Å²) in [7, 11) is 1.40. The summed E-state index contributed by atoms with van der Waals surface area (Å²) in [5, 5.41) is 107. The van der Waals surface area contributed by atoms with E-state index >= 15 is 0 Å². The number of hydrogen-bond acceptors (Lipinski definition) is 17. The molecule has 0 aliphatic carbocycles. The van der Waals surface area contributed by atoms with Gasteiger partial charge in [0.15, 0.2) is 0 Å². The largest absolute Gasteiger partial charge is 0.394 e. The Bertz CT molecular complexity index is 1920. The molecule has 372 valence electrons. The van der Waals surface area contributed by atoms with Crippen LogP contribution in [0, 0.1) is 21.4 Å². The summed E-state index contributed by atoms with van der Waals surface area (Å²) in [6.07, 6.45) is -4.80. The van der Waals surface area contributed by atoms with E-state index in [0.29, 0.717) is 7.14 Å². The van der Waals surface area contributed by atoms with Gasteiger partial charge in [0.2, 0.25) is 5.91 Å². The number of amides is 6. The van der Waals surface area contributed by atoms with Crippen LogP contribution in [0.4, 0.5) is 11.4 Å². The van der Waals surface area contributed by atoms with E-state index in [-0.39, 0.29) is 74.2 Å². The van der Waals surface area contributed by atoms with E-state index in [1.807, 2.05) is 113 Å². The molecule has 0 fully saturated rings. The van der Waals surface area contributed by atoms with Gasteiger partial charge in [0.1, 0.15) is 6.10 Å². The molecule has 0 bridgehead atoms. The van der Waals surface area contributed by atoms with Gasteiger partial charge in [-0.3, -0.25) is 28.8 Å². The maximum absolute atomic E-state index is 13.1. The fraction of sp³-hybridized carbons (Fsp3) is 0.514. The molecule has 0 aliphatic heterocycles. The van der Waals surface area contributed by atoms with E-state index in [9.17, 15) is 69.6 Å². The Morgan fingerprint density at radius 1 is 0.561 bits per heavy atom. The van der Waals surface area contributed by atoms with E-state index in [2.05, 4.69) is 26.6 Å². The van der Waals surface area contributed by atoms with Crippen molar-refractivity contribution in [1.29, 1.82) is 0 Å². The highest BCUT2D eigenvalue weighted by Gasteiger charge is 2.33. The molecular weight excluding hydrogens is 1560 g/mol. The minimum absolute atomic E-state index is 0.00380. The zero-order chi connectivity index (χ0) is 50.7. The molecule has 0 aromatic heterocycles. The van der Waals surface area contributed by atoms with Crippen molar-refractivity contribution in [2.24, 2.45) is 0 Å². The highest BCUT2D eigenvalue weighted by molar-refractivity contribution is 14.1. The predicted molar refractivity (Wildman–Crippen MR) is 287 cm³/mol. The molecule has 0 radical (unpaired) electrons. The summed E-state index contributed by atoms with van der Waals surface area (Å²) in [6.45, 7) is -1.43. The van der Waals surface area contributed by atoms with Gasteiger partial charge in [0.25, 0.3) is 29.5 Å². The number of aliphatic hydroxyl groups is 10. The van der Waals surface area contributed by atoms with Gasteiger partial charge in [-0.15, -0.1) is 0 Å². The third kappa shape index (κ3) is 18.1. The van der Waals surface area contributed by atoms with E-state index in [1.54, 1.807) is 22.6 Å². The molecule has 2 rings (SSSR count). The molecule has 2 aromatic rings. The number of carbonyl (C=O) groups excluding carboxylic acids is 6. The second-order valence-electron chi connectivity index (χ2n) is 13.7. The third-order valence-electron chi connectivity index (χ3n) is 8.52. The number of nitrogens with one attached hydrogen (secondary N) is 5. The number of aliphatic hydroxyl groups excluding tert-OH is 10. The minimum atomic E-state index is -1.36. The Morgan fingerprint density at radius 2 is 0.924 bits per heavy atom. The summed E-state index contributed by atoms with van der Waals surface area (Å²) in [5.41, 5.74) is 0.430. The molecule has 0 aliphatic rings. The molecule has 23 nitrogen and oxygen atoms in total. The topological polar surface area (TPSA) is 377 Å². The molecule has 6 amide bonds. The molecule has 0 spiro atoms. The predicted octanol–water partition coefficient (Wildman–Crippen LogP) is -1.99. The van der Waals surface area contributed by atoms with Crippen molar-refractivity contribution in [3.8, 4) is 0 Å². The van der Waals surface area contributed by atoms with E-state index in [1.165, 1.54) is 25.9 Å². The van der Waals surface area contributed by atoms with Crippen molar-refractivity contribution in [3.63, 3.8) is 0 Å². The quantitative estimate of drug-likeness (QED) is 0.0536. The standard InChI is InChI=1S/C20H28I3N3O9.C17H22I3N3O8/c1-9(29)26(5-12(32)8-35-2)18-16(22)13(19(33)24-3-10(30)6-27)15(21)14(17(18)23)20(34)25-4-11(31)7-28;1-6(28)15(29)23-14-12(19)9(16(30)21-7(2-24)3-25)11(18)10(13(14)20)17(31)22-8(4-26)5-27/h10-12,27-28,30-32H,3-8H2,1-2H3,(H,24,33)(H,25,34);6-8,24-28H,2-5H2,1H3,(H,21,30)(H,22,31)(H,23,29)/t;6-/m.0/s1.